The van der Waals surface area contributed by atoms with Crippen molar-refractivity contribution in [2.45, 2.75) is 39.2 Å². The number of hydrogen-bond donors (Lipinski definition) is 2. The second kappa shape index (κ2) is 5.93. The zero-order valence-electron chi connectivity index (χ0n) is 13.3. The van der Waals surface area contributed by atoms with Crippen molar-refractivity contribution < 1.29 is 14.7 Å². The number of piperazine rings is 1. The molecule has 0 spiro atoms. The Morgan fingerprint density at radius 1 is 1.24 bits per heavy atom. The fraction of sp³-hybridized carbons (Fsp3) is 0.867. The van der Waals surface area contributed by atoms with Crippen LogP contribution in [-0.2, 0) is 9.59 Å². The molecule has 6 nitrogen and oxygen atoms in total. The monoisotopic (exact) mass is 297 g/mol. The topological polar surface area (TPSA) is 72.9 Å². The zero-order chi connectivity index (χ0) is 15.7. The highest BCUT2D eigenvalue weighted by molar-refractivity contribution is 5.87. The van der Waals surface area contributed by atoms with Crippen molar-refractivity contribution in [1.82, 2.24) is 15.1 Å². The molecule has 21 heavy (non-hydrogen) atoms. The summed E-state index contributed by atoms with van der Waals surface area (Å²) < 4.78 is 0. The number of aliphatic carboxylic acids is 1. The second-order valence-corrected chi connectivity index (χ2v) is 6.71. The average molecular weight is 297 g/mol. The summed E-state index contributed by atoms with van der Waals surface area (Å²) in [5, 5.41) is 12.7. The minimum Gasteiger partial charge on any atom is -0.481 e. The van der Waals surface area contributed by atoms with E-state index in [0.29, 0.717) is 25.9 Å². The second-order valence-electron chi connectivity index (χ2n) is 6.71. The van der Waals surface area contributed by atoms with Crippen LogP contribution < -0.4 is 5.32 Å². The van der Waals surface area contributed by atoms with E-state index in [4.69, 9.17) is 0 Å². The molecule has 2 saturated heterocycles. The number of amides is 1. The number of carboxylic acids is 1. The highest BCUT2D eigenvalue weighted by atomic mass is 16.4. The van der Waals surface area contributed by atoms with E-state index in [0.717, 1.165) is 26.2 Å². The highest BCUT2D eigenvalue weighted by Crippen LogP contribution is 2.35. The molecule has 2 aliphatic rings. The van der Waals surface area contributed by atoms with Gasteiger partial charge in [-0.25, -0.2) is 0 Å². The molecule has 2 rings (SSSR count). The number of nitrogens with zero attached hydrogens (tertiary/aromatic N) is 2. The average Bonchev–Trinajstić information content (AvgIpc) is 2.93. The highest BCUT2D eigenvalue weighted by Gasteiger charge is 2.48. The maximum atomic E-state index is 12.9. The van der Waals surface area contributed by atoms with Crippen LogP contribution in [0.15, 0.2) is 0 Å². The quantitative estimate of drug-likeness (QED) is 0.785. The van der Waals surface area contributed by atoms with Crippen LogP contribution in [0.2, 0.25) is 0 Å². The fourth-order valence-electron chi connectivity index (χ4n) is 3.41. The lowest BCUT2D eigenvalue weighted by Gasteiger charge is -2.42. The van der Waals surface area contributed by atoms with E-state index in [1.807, 2.05) is 20.8 Å². The summed E-state index contributed by atoms with van der Waals surface area (Å²) in [4.78, 5) is 28.3. The molecule has 0 aromatic rings. The van der Waals surface area contributed by atoms with Crippen LogP contribution in [0.5, 0.6) is 0 Å². The number of carbonyl (C=O) groups is 2. The van der Waals surface area contributed by atoms with Gasteiger partial charge in [0.1, 0.15) is 0 Å². The third-order valence-electron chi connectivity index (χ3n) is 5.20. The molecule has 6 heteroatoms. The van der Waals surface area contributed by atoms with E-state index in [9.17, 15) is 14.7 Å². The molecule has 0 bridgehead atoms. The molecule has 0 aromatic carbocycles. The van der Waals surface area contributed by atoms with E-state index >= 15 is 0 Å². The van der Waals surface area contributed by atoms with Crippen molar-refractivity contribution in [1.29, 1.82) is 0 Å². The maximum Gasteiger partial charge on any atom is 0.311 e. The van der Waals surface area contributed by atoms with Gasteiger partial charge < -0.3 is 15.3 Å². The predicted octanol–water partition coefficient (Wildman–Crippen LogP) is 0.384. The van der Waals surface area contributed by atoms with Gasteiger partial charge in [-0.15, -0.1) is 0 Å². The van der Waals surface area contributed by atoms with E-state index in [1.165, 1.54) is 0 Å². The largest absolute Gasteiger partial charge is 0.481 e. The lowest BCUT2D eigenvalue weighted by Crippen LogP contribution is -2.60. The van der Waals surface area contributed by atoms with E-state index < -0.39 is 16.9 Å². The van der Waals surface area contributed by atoms with Crippen LogP contribution in [0.4, 0.5) is 0 Å². The van der Waals surface area contributed by atoms with Gasteiger partial charge >= 0.3 is 5.97 Å². The van der Waals surface area contributed by atoms with Crippen LogP contribution in [0, 0.1) is 5.41 Å². The van der Waals surface area contributed by atoms with Crippen LogP contribution in [0.1, 0.15) is 33.6 Å². The standard InChI is InChI=1S/C15H27N3O3/c1-4-15(13(20)21)5-8-17(11-15)12(19)14(2,3)18-9-6-16-7-10-18/h16H,4-11H2,1-3H3,(H,20,21). The van der Waals surface area contributed by atoms with Crippen LogP contribution in [0.25, 0.3) is 0 Å². The Morgan fingerprint density at radius 2 is 1.86 bits per heavy atom. The Bertz CT molecular complexity index is 418. The normalized spacial score (nSPS) is 27.9. The van der Waals surface area contributed by atoms with Crippen molar-refractivity contribution in [3.05, 3.63) is 0 Å². The molecule has 2 heterocycles. The van der Waals surface area contributed by atoms with Crippen LogP contribution >= 0.6 is 0 Å². The minimum absolute atomic E-state index is 0.0565. The van der Waals surface area contributed by atoms with Gasteiger partial charge in [-0.2, -0.15) is 0 Å². The van der Waals surface area contributed by atoms with Gasteiger partial charge in [0.2, 0.25) is 5.91 Å². The lowest BCUT2D eigenvalue weighted by atomic mass is 9.84. The Morgan fingerprint density at radius 3 is 2.33 bits per heavy atom. The van der Waals surface area contributed by atoms with Crippen molar-refractivity contribution in [3.8, 4) is 0 Å². The smallest absolute Gasteiger partial charge is 0.311 e. The molecule has 1 amide bonds. The number of hydrogen-bond acceptors (Lipinski definition) is 4. The third-order valence-corrected chi connectivity index (χ3v) is 5.20. The zero-order valence-corrected chi connectivity index (χ0v) is 13.3. The number of carbonyl (C=O) groups excluding carboxylic acids is 1. The van der Waals surface area contributed by atoms with Crippen molar-refractivity contribution >= 4 is 11.9 Å². The molecule has 0 saturated carbocycles. The first-order valence-electron chi connectivity index (χ1n) is 7.82. The van der Waals surface area contributed by atoms with Gasteiger partial charge in [0, 0.05) is 39.3 Å². The summed E-state index contributed by atoms with van der Waals surface area (Å²) in [5.41, 5.74) is -1.32. The van der Waals surface area contributed by atoms with E-state index in [1.54, 1.807) is 4.90 Å². The lowest BCUT2D eigenvalue weighted by molar-refractivity contribution is -0.149. The summed E-state index contributed by atoms with van der Waals surface area (Å²) in [5.74, 6) is -0.721. The molecule has 2 N–H and O–H groups in total. The van der Waals surface area contributed by atoms with Crippen LogP contribution in [-0.4, -0.2) is 71.6 Å². The molecule has 0 aromatic heterocycles. The molecule has 120 valence electrons. The first-order chi connectivity index (χ1) is 9.83. The third kappa shape index (κ3) is 2.92. The molecular weight excluding hydrogens is 270 g/mol. The molecule has 2 fully saturated rings. The summed E-state index contributed by atoms with van der Waals surface area (Å²) in [7, 11) is 0. The molecule has 1 atom stereocenters. The number of carboxylic acid groups (broad SMARTS) is 1. The molecule has 1 unspecified atom stereocenters. The fourth-order valence-corrected chi connectivity index (χ4v) is 3.41. The minimum atomic E-state index is -0.778. The Balaban J connectivity index is 2.08. The predicted molar refractivity (Wildman–Crippen MR) is 80.1 cm³/mol. The summed E-state index contributed by atoms with van der Waals surface area (Å²) in [6.07, 6.45) is 1.13. The number of rotatable bonds is 4. The number of nitrogens with one attached hydrogen (secondary N) is 1. The number of likely N-dealkylation sites (tertiary alicyclic amines) is 1. The van der Waals surface area contributed by atoms with Crippen molar-refractivity contribution in [3.63, 3.8) is 0 Å². The van der Waals surface area contributed by atoms with Gasteiger partial charge in [0.15, 0.2) is 0 Å². The Hall–Kier alpha value is -1.14. The van der Waals surface area contributed by atoms with Crippen molar-refractivity contribution in [2.24, 2.45) is 5.41 Å². The van der Waals surface area contributed by atoms with E-state index in [-0.39, 0.29) is 5.91 Å². The van der Waals surface area contributed by atoms with E-state index in [2.05, 4.69) is 10.2 Å². The molecule has 0 aliphatic carbocycles. The Labute approximate surface area is 126 Å². The van der Waals surface area contributed by atoms with Gasteiger partial charge in [-0.1, -0.05) is 6.92 Å². The first-order valence-corrected chi connectivity index (χ1v) is 7.82. The SMILES string of the molecule is CCC1(C(=O)O)CCN(C(=O)C(C)(C)N2CCNCC2)C1. The van der Waals surface area contributed by atoms with Crippen molar-refractivity contribution in [2.75, 3.05) is 39.3 Å². The summed E-state index contributed by atoms with van der Waals surface area (Å²) in [6.45, 7) is 10.2. The molecular formula is C15H27N3O3. The maximum absolute atomic E-state index is 12.9. The molecule has 0 radical (unpaired) electrons. The summed E-state index contributed by atoms with van der Waals surface area (Å²) in [6, 6.07) is 0. The van der Waals surface area contributed by atoms with Gasteiger partial charge in [0.05, 0.1) is 11.0 Å². The molecule has 2 aliphatic heterocycles. The Kier molecular flexibility index (Phi) is 4.58. The summed E-state index contributed by atoms with van der Waals surface area (Å²) >= 11 is 0. The van der Waals surface area contributed by atoms with Crippen LogP contribution in [0.3, 0.4) is 0 Å². The first kappa shape index (κ1) is 16.2. The van der Waals surface area contributed by atoms with Gasteiger partial charge in [0.25, 0.3) is 0 Å². The van der Waals surface area contributed by atoms with Gasteiger partial charge in [-0.05, 0) is 26.7 Å². The van der Waals surface area contributed by atoms with Gasteiger partial charge in [-0.3, -0.25) is 14.5 Å².